The molecule has 1 unspecified atom stereocenters. The van der Waals surface area contributed by atoms with E-state index >= 15 is 0 Å². The Morgan fingerprint density at radius 1 is 0.939 bits per heavy atom. The molecule has 0 radical (unpaired) electrons. The number of esters is 2. The molecule has 0 aliphatic carbocycles. The summed E-state index contributed by atoms with van der Waals surface area (Å²) in [6.07, 6.45) is 0. The molecule has 0 saturated heterocycles. The average molecular weight is 486 g/mol. The van der Waals surface area contributed by atoms with Gasteiger partial charge in [-0.05, 0) is 30.7 Å². The van der Waals surface area contributed by atoms with E-state index in [-0.39, 0.29) is 22.7 Å². The van der Waals surface area contributed by atoms with Crippen LogP contribution in [0, 0.1) is 0 Å². The van der Waals surface area contributed by atoms with E-state index in [1.165, 1.54) is 17.4 Å². The number of hydrogen-bond acceptors (Lipinski definition) is 7. The monoisotopic (exact) mass is 485 g/mol. The maximum Gasteiger partial charge on any atom is 0.350 e. The Kier molecular flexibility index (Phi) is 8.51. The summed E-state index contributed by atoms with van der Waals surface area (Å²) in [7, 11) is -1.35. The Labute approximate surface area is 198 Å². The summed E-state index contributed by atoms with van der Waals surface area (Å²) in [6, 6.07) is 17.5. The third kappa shape index (κ3) is 6.15. The van der Waals surface area contributed by atoms with Gasteiger partial charge in [0, 0.05) is 10.6 Å². The number of carbonyl (C=O) groups excluding carboxylic acids is 3. The molecule has 2 aromatic carbocycles. The van der Waals surface area contributed by atoms with Crippen LogP contribution in [0.3, 0.4) is 0 Å². The summed E-state index contributed by atoms with van der Waals surface area (Å²) in [5.74, 6) is -1.56. The van der Waals surface area contributed by atoms with Gasteiger partial charge in [-0.15, -0.1) is 11.3 Å². The number of anilines is 1. The Morgan fingerprint density at radius 2 is 1.64 bits per heavy atom. The van der Waals surface area contributed by atoms with Gasteiger partial charge in [0.05, 0.1) is 33.6 Å². The van der Waals surface area contributed by atoms with Crippen molar-refractivity contribution < 1.29 is 28.1 Å². The SMILES string of the molecule is CCOC(=O)c1sc(-c2ccccc2)cc1NC(=O)COC(=O)c1ccccc1S(=O)CC. The number of carbonyl (C=O) groups is 3. The van der Waals surface area contributed by atoms with Gasteiger partial charge >= 0.3 is 11.9 Å². The Morgan fingerprint density at radius 3 is 2.33 bits per heavy atom. The molecule has 172 valence electrons. The molecule has 33 heavy (non-hydrogen) atoms. The van der Waals surface area contributed by atoms with E-state index in [1.54, 1.807) is 38.1 Å². The molecule has 1 atom stereocenters. The molecule has 1 heterocycles. The van der Waals surface area contributed by atoms with E-state index in [0.717, 1.165) is 10.4 Å². The molecule has 7 nitrogen and oxygen atoms in total. The highest BCUT2D eigenvalue weighted by atomic mass is 32.2. The first-order valence-corrected chi connectivity index (χ1v) is 12.4. The number of ether oxygens (including phenoxy) is 2. The largest absolute Gasteiger partial charge is 0.462 e. The van der Waals surface area contributed by atoms with E-state index in [9.17, 15) is 18.6 Å². The van der Waals surface area contributed by atoms with Crippen LogP contribution in [0.25, 0.3) is 10.4 Å². The van der Waals surface area contributed by atoms with Crippen LogP contribution in [0.5, 0.6) is 0 Å². The number of nitrogens with one attached hydrogen (secondary N) is 1. The van der Waals surface area contributed by atoms with Crippen LogP contribution in [0.1, 0.15) is 33.9 Å². The quantitative estimate of drug-likeness (QED) is 0.448. The molecule has 0 saturated carbocycles. The van der Waals surface area contributed by atoms with Crippen molar-refractivity contribution in [3.05, 3.63) is 71.1 Å². The lowest BCUT2D eigenvalue weighted by Gasteiger charge is -2.09. The molecule has 3 rings (SSSR count). The second-order valence-corrected chi connectivity index (χ2v) is 9.46. The summed E-state index contributed by atoms with van der Waals surface area (Å²) in [5, 5.41) is 2.63. The Balaban J connectivity index is 1.74. The van der Waals surface area contributed by atoms with Crippen molar-refractivity contribution in [2.75, 3.05) is 24.3 Å². The summed E-state index contributed by atoms with van der Waals surface area (Å²) in [6.45, 7) is 3.08. The fourth-order valence-corrected chi connectivity index (χ4v) is 4.91. The van der Waals surface area contributed by atoms with Gasteiger partial charge < -0.3 is 14.8 Å². The van der Waals surface area contributed by atoms with Gasteiger partial charge in [-0.3, -0.25) is 9.00 Å². The molecule has 0 aliphatic rings. The van der Waals surface area contributed by atoms with Crippen LogP contribution < -0.4 is 5.32 Å². The van der Waals surface area contributed by atoms with Crippen LogP contribution in [0.4, 0.5) is 5.69 Å². The van der Waals surface area contributed by atoms with E-state index in [0.29, 0.717) is 10.6 Å². The highest BCUT2D eigenvalue weighted by Gasteiger charge is 2.21. The smallest absolute Gasteiger partial charge is 0.350 e. The number of hydrogen-bond donors (Lipinski definition) is 1. The topological polar surface area (TPSA) is 98.8 Å². The first-order valence-electron chi connectivity index (χ1n) is 10.2. The number of thiophene rings is 1. The van der Waals surface area contributed by atoms with E-state index in [1.807, 2.05) is 30.3 Å². The van der Waals surface area contributed by atoms with Crippen LogP contribution in [-0.4, -0.2) is 41.0 Å². The minimum Gasteiger partial charge on any atom is -0.462 e. The molecule has 0 bridgehead atoms. The standard InChI is InChI=1S/C24H23NO6S2/c1-3-30-24(28)22-18(14-19(32-22)16-10-6-5-7-11-16)25-21(26)15-31-23(27)17-12-8-9-13-20(17)33(29)4-2/h5-14H,3-4,15H2,1-2H3,(H,25,26). The molecule has 1 amide bonds. The van der Waals surface area contributed by atoms with Crippen molar-refractivity contribution in [1.82, 2.24) is 0 Å². The van der Waals surface area contributed by atoms with Crippen molar-refractivity contribution in [3.63, 3.8) is 0 Å². The van der Waals surface area contributed by atoms with Gasteiger partial charge in [0.2, 0.25) is 0 Å². The van der Waals surface area contributed by atoms with Gasteiger partial charge in [0.15, 0.2) is 6.61 Å². The van der Waals surface area contributed by atoms with Gasteiger partial charge in [-0.25, -0.2) is 9.59 Å². The van der Waals surface area contributed by atoms with Crippen LogP contribution >= 0.6 is 11.3 Å². The molecule has 1 N–H and O–H groups in total. The highest BCUT2D eigenvalue weighted by Crippen LogP contribution is 2.35. The Bertz CT molecular complexity index is 1170. The van der Waals surface area contributed by atoms with Crippen LogP contribution in [0.2, 0.25) is 0 Å². The molecular weight excluding hydrogens is 462 g/mol. The maximum atomic E-state index is 12.5. The minimum atomic E-state index is -1.35. The molecule has 3 aromatic rings. The van der Waals surface area contributed by atoms with Gasteiger partial charge in [-0.1, -0.05) is 49.4 Å². The molecule has 9 heteroatoms. The zero-order valence-corrected chi connectivity index (χ0v) is 19.8. The fraction of sp³-hybridized carbons (Fsp3) is 0.208. The van der Waals surface area contributed by atoms with Gasteiger partial charge in [-0.2, -0.15) is 0 Å². The average Bonchev–Trinajstić information content (AvgIpc) is 3.26. The number of rotatable bonds is 9. The van der Waals surface area contributed by atoms with Crippen molar-refractivity contribution in [3.8, 4) is 10.4 Å². The zero-order chi connectivity index (χ0) is 23.8. The van der Waals surface area contributed by atoms with Gasteiger partial charge in [0.25, 0.3) is 5.91 Å². The summed E-state index contributed by atoms with van der Waals surface area (Å²) in [5.41, 5.74) is 1.32. The number of amides is 1. The third-order valence-electron chi connectivity index (χ3n) is 4.47. The maximum absolute atomic E-state index is 12.5. The lowest BCUT2D eigenvalue weighted by Crippen LogP contribution is -2.22. The van der Waals surface area contributed by atoms with E-state index in [4.69, 9.17) is 9.47 Å². The van der Waals surface area contributed by atoms with Crippen molar-refractivity contribution >= 4 is 45.7 Å². The predicted octanol–water partition coefficient (Wildman–Crippen LogP) is 4.51. The van der Waals surface area contributed by atoms with E-state index in [2.05, 4.69) is 5.32 Å². The summed E-state index contributed by atoms with van der Waals surface area (Å²) < 4.78 is 22.4. The molecule has 1 aromatic heterocycles. The van der Waals surface area contributed by atoms with Crippen LogP contribution in [0.15, 0.2) is 65.6 Å². The lowest BCUT2D eigenvalue weighted by atomic mass is 10.2. The fourth-order valence-electron chi connectivity index (χ4n) is 2.96. The molecule has 0 aliphatic heterocycles. The normalized spacial score (nSPS) is 11.5. The predicted molar refractivity (Wildman–Crippen MR) is 128 cm³/mol. The van der Waals surface area contributed by atoms with E-state index < -0.39 is 35.3 Å². The van der Waals surface area contributed by atoms with Crippen molar-refractivity contribution in [2.45, 2.75) is 18.7 Å². The van der Waals surface area contributed by atoms with Gasteiger partial charge in [0.1, 0.15) is 4.88 Å². The zero-order valence-electron chi connectivity index (χ0n) is 18.2. The molecule has 0 fully saturated rings. The number of benzene rings is 2. The minimum absolute atomic E-state index is 0.152. The summed E-state index contributed by atoms with van der Waals surface area (Å²) in [4.78, 5) is 38.8. The first-order chi connectivity index (χ1) is 15.9. The van der Waals surface area contributed by atoms with Crippen molar-refractivity contribution in [1.29, 1.82) is 0 Å². The van der Waals surface area contributed by atoms with Crippen LogP contribution in [-0.2, 0) is 25.1 Å². The third-order valence-corrected chi connectivity index (χ3v) is 7.01. The van der Waals surface area contributed by atoms with Crippen molar-refractivity contribution in [2.24, 2.45) is 0 Å². The lowest BCUT2D eigenvalue weighted by molar-refractivity contribution is -0.119. The Hall–Kier alpha value is -3.30. The molecule has 0 spiro atoms. The first kappa shape index (κ1) is 24.3. The highest BCUT2D eigenvalue weighted by molar-refractivity contribution is 7.85. The second kappa shape index (κ2) is 11.5. The second-order valence-electron chi connectivity index (χ2n) is 6.69. The summed E-state index contributed by atoms with van der Waals surface area (Å²) >= 11 is 1.20. The molecular formula is C24H23NO6S2.